The molecule has 0 amide bonds. The van der Waals surface area contributed by atoms with E-state index in [0.29, 0.717) is 45.5 Å². The largest absolute Gasteiger partial charge is 0.464 e. The molecule has 4 aliphatic rings. The van der Waals surface area contributed by atoms with Crippen molar-refractivity contribution in [2.45, 2.75) is 252 Å². The van der Waals surface area contributed by atoms with Gasteiger partial charge in [-0.25, -0.2) is 19.6 Å². The van der Waals surface area contributed by atoms with Crippen molar-refractivity contribution in [3.8, 4) is 12.1 Å². The van der Waals surface area contributed by atoms with Crippen molar-refractivity contribution in [3.63, 3.8) is 0 Å². The normalized spacial score (nSPS) is 22.8. The Labute approximate surface area is 524 Å². The number of imidazole rings is 2. The van der Waals surface area contributed by atoms with E-state index in [1.807, 2.05) is 71.9 Å². The Kier molecular flexibility index (Phi) is 22.4. The number of carbonyl (C=O) groups is 4. The zero-order chi connectivity index (χ0) is 64.5. The second-order valence-corrected chi connectivity index (χ2v) is 35.0. The smallest absolute Gasteiger partial charge is 0.338 e. The van der Waals surface area contributed by atoms with Crippen LogP contribution in [0.15, 0.2) is 48.8 Å². The monoisotopic (exact) mass is 1220 g/mol. The van der Waals surface area contributed by atoms with Crippen LogP contribution in [0.25, 0.3) is 11.1 Å². The molecule has 4 aromatic heterocycles. The summed E-state index contributed by atoms with van der Waals surface area (Å²) >= 11 is 0. The molecule has 2 aliphatic carbocycles. The van der Waals surface area contributed by atoms with Gasteiger partial charge in [-0.2, -0.15) is 10.5 Å². The molecule has 476 valence electrons. The fraction of sp³-hybridized carbons (Fsp3) is 0.629. The third kappa shape index (κ3) is 18.6. The Morgan fingerprint density at radius 3 is 1.58 bits per heavy atom. The molecule has 2 aliphatic heterocycles. The first-order valence-electron chi connectivity index (χ1n) is 32.0. The molecular weight excluding hydrogens is 1120 g/mol. The third-order valence-corrected chi connectivity index (χ3v) is 19.2. The summed E-state index contributed by atoms with van der Waals surface area (Å²) in [4.78, 5) is 75.1. The summed E-state index contributed by atoms with van der Waals surface area (Å²) in [6, 6.07) is 13.0. The van der Waals surface area contributed by atoms with Crippen LogP contribution in [0.5, 0.6) is 0 Å². The van der Waals surface area contributed by atoms with Crippen LogP contribution in [0.4, 0.5) is 0 Å². The third-order valence-electron chi connectivity index (χ3n) is 17.5. The minimum absolute atomic E-state index is 0.0140. The zero-order valence-electron chi connectivity index (χ0n) is 55.4. The molecule has 2 fully saturated rings. The second kappa shape index (κ2) is 28.6. The molecule has 0 spiro atoms. The first-order chi connectivity index (χ1) is 41.3. The molecule has 17 nitrogen and oxygen atoms in total. The second-order valence-electron chi connectivity index (χ2n) is 29.4. The van der Waals surface area contributed by atoms with Gasteiger partial charge in [-0.1, -0.05) is 98.3 Å². The Morgan fingerprint density at radius 1 is 0.670 bits per heavy atom. The topological polar surface area (TPSA) is 234 Å². The summed E-state index contributed by atoms with van der Waals surface area (Å²) in [6.07, 6.45) is 19.3. The van der Waals surface area contributed by atoms with Crippen LogP contribution in [-0.4, -0.2) is 103 Å². The molecule has 4 atom stereocenters. The molecule has 2 saturated heterocycles. The number of Topliss-reactive ketones (excluding diaryl/α,β-unsaturated/α-hetero) is 2. The molecular formula is C70H98N8O9Si. The number of pyridine rings is 2. The molecule has 88 heavy (non-hydrogen) atoms. The molecule has 0 radical (unpaired) electrons. The van der Waals surface area contributed by atoms with Crippen molar-refractivity contribution >= 4 is 42.7 Å². The lowest BCUT2D eigenvalue weighted by Gasteiger charge is -2.45. The number of ketones is 2. The van der Waals surface area contributed by atoms with Crippen molar-refractivity contribution in [1.29, 1.82) is 10.5 Å². The number of rotatable bonds is 23. The Balaban J connectivity index is 0.000000255. The summed E-state index contributed by atoms with van der Waals surface area (Å²) in [5.41, 5.74) is 5.04. The lowest BCUT2D eigenvalue weighted by Crippen LogP contribution is -2.52. The van der Waals surface area contributed by atoms with Gasteiger partial charge in [-0.15, -0.1) is 0 Å². The average molecular weight is 1220 g/mol. The van der Waals surface area contributed by atoms with E-state index in [2.05, 4.69) is 94.4 Å². The first kappa shape index (κ1) is 69.0. The van der Waals surface area contributed by atoms with Crippen molar-refractivity contribution in [2.24, 2.45) is 10.8 Å². The van der Waals surface area contributed by atoms with E-state index < -0.39 is 30.5 Å². The number of nitriles is 2. The van der Waals surface area contributed by atoms with Gasteiger partial charge < -0.3 is 33.2 Å². The standard InChI is InChI=1S/C38H56N4O5Si.C32H42N4O4/c1-10-11-18-46-35(44)38(6)23-29(22-37(4,5)47-38)31-13-12-28(33(41-31)27-14-16-36(2,3)17-15-27)21-32(43)34-40-30(24-39)25-42(34)26-45-19-20-48(7,8)9;1-7-8-15-39-29(38)32(6)18-23(17-31(4,5)40-32)25-10-9-22(16-26(37)28-34-20-24(19-33)35-28)27(36-25)21-11-13-30(2,3)14-12-21/h12-14,25,29H,10-11,15-23,26H2,1-9H3;9-11,20,23H,7-8,12-18H2,1-6H3,(H,34,35). The molecule has 4 unspecified atom stereocenters. The fourth-order valence-electron chi connectivity index (χ4n) is 12.5. The number of aromatic amines is 1. The molecule has 0 aromatic carbocycles. The lowest BCUT2D eigenvalue weighted by molar-refractivity contribution is -0.205. The summed E-state index contributed by atoms with van der Waals surface area (Å²) < 4.78 is 31.5. The fourth-order valence-corrected chi connectivity index (χ4v) is 13.3. The molecule has 1 N–H and O–H groups in total. The van der Waals surface area contributed by atoms with E-state index in [-0.39, 0.29) is 88.8 Å². The van der Waals surface area contributed by atoms with Gasteiger partial charge in [0.2, 0.25) is 11.6 Å². The summed E-state index contributed by atoms with van der Waals surface area (Å²) in [6.45, 7) is 33.3. The van der Waals surface area contributed by atoms with Gasteiger partial charge in [0.05, 0.1) is 42.0 Å². The number of hydrogen-bond acceptors (Lipinski definition) is 15. The highest BCUT2D eigenvalue weighted by Gasteiger charge is 2.50. The van der Waals surface area contributed by atoms with E-state index in [0.717, 1.165) is 115 Å². The predicted molar refractivity (Wildman–Crippen MR) is 343 cm³/mol. The molecule has 18 heteroatoms. The van der Waals surface area contributed by atoms with Crippen LogP contribution in [0, 0.1) is 33.5 Å². The Hall–Kier alpha value is -6.44. The highest BCUT2D eigenvalue weighted by molar-refractivity contribution is 6.76. The van der Waals surface area contributed by atoms with Crippen molar-refractivity contribution in [2.75, 3.05) is 19.8 Å². The van der Waals surface area contributed by atoms with Gasteiger partial charge in [0.1, 0.15) is 24.6 Å². The molecule has 8 rings (SSSR count). The maximum Gasteiger partial charge on any atom is 0.338 e. The van der Waals surface area contributed by atoms with Crippen LogP contribution >= 0.6 is 0 Å². The molecule has 4 aromatic rings. The minimum atomic E-state index is -1.27. The van der Waals surface area contributed by atoms with Crippen LogP contribution in [-0.2, 0) is 52.8 Å². The quantitative estimate of drug-likeness (QED) is 0.0315. The van der Waals surface area contributed by atoms with Crippen LogP contribution in [0.1, 0.15) is 251 Å². The van der Waals surface area contributed by atoms with Crippen molar-refractivity contribution in [1.82, 2.24) is 29.5 Å². The van der Waals surface area contributed by atoms with Gasteiger partial charge in [-0.05, 0) is 170 Å². The van der Waals surface area contributed by atoms with Crippen molar-refractivity contribution in [3.05, 3.63) is 106 Å². The number of allylic oxidation sites excluding steroid dienone is 4. The summed E-state index contributed by atoms with van der Waals surface area (Å²) in [5, 5.41) is 18.7. The molecule has 6 heterocycles. The number of nitrogens with one attached hydrogen (secondary N) is 1. The highest BCUT2D eigenvalue weighted by Crippen LogP contribution is 2.47. The van der Waals surface area contributed by atoms with Gasteiger partial charge in [0, 0.05) is 56.9 Å². The first-order valence-corrected chi connectivity index (χ1v) is 35.7. The van der Waals surface area contributed by atoms with Gasteiger partial charge in [0.15, 0.2) is 28.5 Å². The molecule has 0 saturated carbocycles. The van der Waals surface area contributed by atoms with E-state index in [4.69, 9.17) is 38.9 Å². The lowest BCUT2D eigenvalue weighted by atomic mass is 9.76. The number of nitrogens with zero attached hydrogens (tertiary/aromatic N) is 7. The molecule has 0 bridgehead atoms. The number of aromatic nitrogens is 6. The predicted octanol–water partition coefficient (Wildman–Crippen LogP) is 14.7. The Bertz CT molecular complexity index is 3310. The number of unbranched alkanes of at least 4 members (excludes halogenated alkanes) is 2. The van der Waals surface area contributed by atoms with E-state index in [9.17, 15) is 24.4 Å². The maximum absolute atomic E-state index is 13.9. The number of carbonyl (C=O) groups excluding carboxylic acids is 4. The number of hydrogen-bond donors (Lipinski definition) is 1. The summed E-state index contributed by atoms with van der Waals surface area (Å²) in [7, 11) is -1.27. The van der Waals surface area contributed by atoms with Gasteiger partial charge >= 0.3 is 11.9 Å². The van der Waals surface area contributed by atoms with Crippen LogP contribution < -0.4 is 0 Å². The SMILES string of the molecule is CCCCOC(=O)C1(C)CC(c2ccc(CC(=O)c3nc(C#N)cn3COCC[Si](C)(C)C)c(C3=CCC(C)(C)CC3)n2)CC(C)(C)O1.CCCCOC(=O)C1(C)CC(c2ccc(CC(=O)c3ncc(C#N)[nH]3)c(C3=CCC(C)(C)CC3)n2)CC(C)(C)O1. The van der Waals surface area contributed by atoms with E-state index >= 15 is 0 Å². The van der Waals surface area contributed by atoms with Crippen LogP contribution in [0.2, 0.25) is 25.7 Å². The van der Waals surface area contributed by atoms with E-state index in [1.54, 1.807) is 10.8 Å². The zero-order valence-corrected chi connectivity index (χ0v) is 56.4. The average Bonchev–Trinajstić information content (AvgIpc) is 1.05. The summed E-state index contributed by atoms with van der Waals surface area (Å²) in [5.74, 6) is -0.688. The number of H-pyrrole nitrogens is 1. The van der Waals surface area contributed by atoms with Crippen molar-refractivity contribution < 1.29 is 42.9 Å². The maximum atomic E-state index is 13.9. The minimum Gasteiger partial charge on any atom is -0.464 e. The number of esters is 2. The van der Waals surface area contributed by atoms with Gasteiger partial charge in [0.25, 0.3) is 0 Å². The highest BCUT2D eigenvalue weighted by atomic mass is 28.3. The Morgan fingerprint density at radius 2 is 1.16 bits per heavy atom. The van der Waals surface area contributed by atoms with E-state index in [1.165, 1.54) is 6.20 Å². The number of ether oxygens (including phenoxy) is 5. The van der Waals surface area contributed by atoms with Gasteiger partial charge in [-0.3, -0.25) is 19.6 Å². The van der Waals surface area contributed by atoms with Crippen LogP contribution in [0.3, 0.4) is 0 Å².